The SMILES string of the molecule is O=[N+]([O-])c1ccc(-c2nc3ccccc3c3onc(-c4ccc(Cl)cc4)c23)cc1. The molecule has 0 aliphatic heterocycles. The molecule has 140 valence electrons. The van der Waals surface area contributed by atoms with Crippen LogP contribution in [0.2, 0.25) is 5.02 Å². The van der Waals surface area contributed by atoms with Crippen molar-refractivity contribution in [3.8, 4) is 22.5 Å². The van der Waals surface area contributed by atoms with Gasteiger partial charge in [-0.3, -0.25) is 10.1 Å². The van der Waals surface area contributed by atoms with Crippen molar-refractivity contribution < 1.29 is 9.45 Å². The van der Waals surface area contributed by atoms with Gasteiger partial charge >= 0.3 is 0 Å². The highest BCUT2D eigenvalue weighted by atomic mass is 35.5. The second kappa shape index (κ2) is 6.68. The molecule has 0 amide bonds. The second-order valence-corrected chi connectivity index (χ2v) is 6.96. The first-order valence-electron chi connectivity index (χ1n) is 8.81. The highest BCUT2D eigenvalue weighted by molar-refractivity contribution is 6.30. The number of nitro groups is 1. The summed E-state index contributed by atoms with van der Waals surface area (Å²) in [5.41, 5.74) is 4.27. The lowest BCUT2D eigenvalue weighted by Crippen LogP contribution is -1.91. The predicted molar refractivity (Wildman–Crippen MR) is 112 cm³/mol. The quantitative estimate of drug-likeness (QED) is 0.263. The molecule has 0 radical (unpaired) electrons. The Hall–Kier alpha value is -3.77. The fourth-order valence-electron chi connectivity index (χ4n) is 3.39. The molecule has 0 spiro atoms. The number of non-ortho nitro benzene ring substituents is 1. The van der Waals surface area contributed by atoms with Gasteiger partial charge in [0.25, 0.3) is 5.69 Å². The van der Waals surface area contributed by atoms with Crippen molar-refractivity contribution in [3.63, 3.8) is 0 Å². The fourth-order valence-corrected chi connectivity index (χ4v) is 3.51. The molecule has 29 heavy (non-hydrogen) atoms. The Bertz CT molecular complexity index is 1380. The zero-order valence-electron chi connectivity index (χ0n) is 14.9. The number of fused-ring (bicyclic) bond motifs is 3. The Labute approximate surface area is 169 Å². The molecule has 0 aliphatic carbocycles. The molecular weight excluding hydrogens is 390 g/mol. The number of nitro benzene ring substituents is 1. The molecule has 6 nitrogen and oxygen atoms in total. The van der Waals surface area contributed by atoms with Crippen molar-refractivity contribution in [1.82, 2.24) is 10.1 Å². The summed E-state index contributed by atoms with van der Waals surface area (Å²) < 4.78 is 5.74. The van der Waals surface area contributed by atoms with Gasteiger partial charge in [0, 0.05) is 33.7 Å². The topological polar surface area (TPSA) is 82.1 Å². The van der Waals surface area contributed by atoms with Gasteiger partial charge in [-0.1, -0.05) is 41.0 Å². The van der Waals surface area contributed by atoms with Crippen molar-refractivity contribution in [2.24, 2.45) is 0 Å². The molecule has 0 atom stereocenters. The monoisotopic (exact) mass is 401 g/mol. The van der Waals surface area contributed by atoms with Crippen LogP contribution in [0, 0.1) is 10.1 Å². The van der Waals surface area contributed by atoms with E-state index in [1.165, 1.54) is 12.1 Å². The van der Waals surface area contributed by atoms with E-state index in [1.807, 2.05) is 36.4 Å². The van der Waals surface area contributed by atoms with Crippen LogP contribution in [0.15, 0.2) is 77.3 Å². The van der Waals surface area contributed by atoms with Crippen molar-refractivity contribution >= 4 is 39.2 Å². The van der Waals surface area contributed by atoms with Crippen molar-refractivity contribution in [2.45, 2.75) is 0 Å². The number of hydrogen-bond acceptors (Lipinski definition) is 5. The third kappa shape index (κ3) is 2.90. The largest absolute Gasteiger partial charge is 0.355 e. The Kier molecular flexibility index (Phi) is 4.00. The van der Waals surface area contributed by atoms with E-state index in [4.69, 9.17) is 21.1 Å². The smallest absolute Gasteiger partial charge is 0.269 e. The van der Waals surface area contributed by atoms with E-state index in [2.05, 4.69) is 5.16 Å². The van der Waals surface area contributed by atoms with Crippen LogP contribution in [0.25, 0.3) is 44.4 Å². The summed E-state index contributed by atoms with van der Waals surface area (Å²) in [6.45, 7) is 0. The first-order chi connectivity index (χ1) is 14.1. The fraction of sp³-hybridized carbons (Fsp3) is 0. The molecule has 0 bridgehead atoms. The summed E-state index contributed by atoms with van der Waals surface area (Å²) in [6.07, 6.45) is 0. The maximum atomic E-state index is 11.0. The van der Waals surface area contributed by atoms with Crippen molar-refractivity contribution in [3.05, 3.63) is 87.9 Å². The molecule has 0 unspecified atom stereocenters. The highest BCUT2D eigenvalue weighted by Crippen LogP contribution is 2.39. The van der Waals surface area contributed by atoms with E-state index in [9.17, 15) is 10.1 Å². The molecule has 0 fully saturated rings. The first kappa shape index (κ1) is 17.3. The van der Waals surface area contributed by atoms with E-state index in [1.54, 1.807) is 24.3 Å². The third-order valence-electron chi connectivity index (χ3n) is 4.78. The van der Waals surface area contributed by atoms with Crippen LogP contribution in [0.3, 0.4) is 0 Å². The first-order valence-corrected chi connectivity index (χ1v) is 9.18. The number of para-hydroxylation sites is 1. The summed E-state index contributed by atoms with van der Waals surface area (Å²) in [6, 6.07) is 21.3. The molecule has 0 N–H and O–H groups in total. The molecular formula is C22H12ClN3O3. The van der Waals surface area contributed by atoms with Gasteiger partial charge in [0.2, 0.25) is 0 Å². The van der Waals surface area contributed by atoms with Gasteiger partial charge in [-0.05, 0) is 36.4 Å². The maximum absolute atomic E-state index is 11.0. The van der Waals surface area contributed by atoms with Crippen LogP contribution in [0.1, 0.15) is 0 Å². The molecule has 0 saturated carbocycles. The van der Waals surface area contributed by atoms with Crippen LogP contribution in [-0.4, -0.2) is 15.1 Å². The number of rotatable bonds is 3. The normalized spacial score (nSPS) is 11.2. The Morgan fingerprint density at radius 2 is 1.52 bits per heavy atom. The third-order valence-corrected chi connectivity index (χ3v) is 5.03. The molecule has 0 saturated heterocycles. The average molecular weight is 402 g/mol. The van der Waals surface area contributed by atoms with Gasteiger partial charge in [-0.25, -0.2) is 4.98 Å². The number of nitrogens with zero attached hydrogens (tertiary/aromatic N) is 3. The Morgan fingerprint density at radius 1 is 0.862 bits per heavy atom. The number of halogens is 1. The number of benzene rings is 3. The van der Waals surface area contributed by atoms with Gasteiger partial charge in [0.15, 0.2) is 5.58 Å². The van der Waals surface area contributed by atoms with Crippen molar-refractivity contribution in [1.29, 1.82) is 0 Å². The van der Waals surface area contributed by atoms with Crippen LogP contribution in [-0.2, 0) is 0 Å². The Balaban J connectivity index is 1.83. The van der Waals surface area contributed by atoms with E-state index in [-0.39, 0.29) is 5.69 Å². The number of pyridine rings is 1. The molecule has 2 aromatic heterocycles. The minimum atomic E-state index is -0.425. The van der Waals surface area contributed by atoms with Crippen LogP contribution in [0.5, 0.6) is 0 Å². The van der Waals surface area contributed by atoms with Gasteiger partial charge < -0.3 is 4.52 Å². The lowest BCUT2D eigenvalue weighted by Gasteiger charge is -2.07. The highest BCUT2D eigenvalue weighted by Gasteiger charge is 2.20. The van der Waals surface area contributed by atoms with Gasteiger partial charge in [-0.15, -0.1) is 0 Å². The summed E-state index contributed by atoms with van der Waals surface area (Å²) in [5.74, 6) is 0. The zero-order chi connectivity index (χ0) is 20.0. The lowest BCUT2D eigenvalue weighted by molar-refractivity contribution is -0.384. The molecule has 7 heteroatoms. The minimum absolute atomic E-state index is 0.0222. The average Bonchev–Trinajstić information content (AvgIpc) is 3.19. The summed E-state index contributed by atoms with van der Waals surface area (Å²) in [7, 11) is 0. The van der Waals surface area contributed by atoms with E-state index >= 15 is 0 Å². The van der Waals surface area contributed by atoms with Crippen LogP contribution >= 0.6 is 11.6 Å². The lowest BCUT2D eigenvalue weighted by atomic mass is 10.0. The van der Waals surface area contributed by atoms with Gasteiger partial charge in [0.05, 0.1) is 21.5 Å². The molecule has 5 aromatic rings. The number of aromatic nitrogens is 2. The molecule has 5 rings (SSSR count). The van der Waals surface area contributed by atoms with Gasteiger partial charge in [0.1, 0.15) is 5.69 Å². The standard InChI is InChI=1S/C22H12ClN3O3/c23-15-9-5-14(6-10-15)21-19-20(13-7-11-16(12-8-13)26(27)28)24-18-4-2-1-3-17(18)22(19)29-25-21/h1-12H. The second-order valence-electron chi connectivity index (χ2n) is 6.52. The molecule has 2 heterocycles. The van der Waals surface area contributed by atoms with E-state index in [0.717, 1.165) is 27.4 Å². The summed E-state index contributed by atoms with van der Waals surface area (Å²) >= 11 is 6.03. The van der Waals surface area contributed by atoms with Crippen LogP contribution in [0.4, 0.5) is 5.69 Å². The number of hydrogen-bond donors (Lipinski definition) is 0. The van der Waals surface area contributed by atoms with E-state index in [0.29, 0.717) is 22.0 Å². The van der Waals surface area contributed by atoms with Crippen LogP contribution < -0.4 is 0 Å². The minimum Gasteiger partial charge on any atom is -0.355 e. The van der Waals surface area contributed by atoms with E-state index < -0.39 is 4.92 Å². The van der Waals surface area contributed by atoms with Crippen molar-refractivity contribution in [2.75, 3.05) is 0 Å². The summed E-state index contributed by atoms with van der Waals surface area (Å²) in [4.78, 5) is 15.4. The molecule has 3 aromatic carbocycles. The maximum Gasteiger partial charge on any atom is 0.269 e. The zero-order valence-corrected chi connectivity index (χ0v) is 15.6. The molecule has 0 aliphatic rings. The Morgan fingerprint density at radius 3 is 2.24 bits per heavy atom. The summed E-state index contributed by atoms with van der Waals surface area (Å²) in [5, 5.41) is 17.5. The van der Waals surface area contributed by atoms with Gasteiger partial charge in [-0.2, -0.15) is 0 Å². The predicted octanol–water partition coefficient (Wildman–Crippen LogP) is 6.27.